The smallest absolute Gasteiger partial charge is 0.0594 e. The Bertz CT molecular complexity index is 422. The van der Waals surface area contributed by atoms with Gasteiger partial charge in [0.1, 0.15) is 0 Å². The topological polar surface area (TPSA) is 40.6 Å². The van der Waals surface area contributed by atoms with Crippen LogP contribution in [0.4, 0.5) is 0 Å². The third-order valence-corrected chi connectivity index (χ3v) is 4.47. The maximum atomic E-state index is 5.47. The number of aromatic nitrogens is 1. The lowest BCUT2D eigenvalue weighted by Crippen LogP contribution is -2.52. The molecule has 0 saturated carbocycles. The van der Waals surface area contributed by atoms with Gasteiger partial charge < -0.3 is 10.1 Å². The van der Waals surface area contributed by atoms with Gasteiger partial charge in [-0.25, -0.2) is 0 Å². The van der Waals surface area contributed by atoms with Crippen LogP contribution in [0.15, 0.2) is 24.5 Å². The van der Waals surface area contributed by atoms with Crippen molar-refractivity contribution < 1.29 is 4.74 Å². The largest absolute Gasteiger partial charge is 0.379 e. The zero-order valence-corrected chi connectivity index (χ0v) is 12.9. The van der Waals surface area contributed by atoms with Gasteiger partial charge in [0, 0.05) is 63.7 Å². The average molecular weight is 290 g/mol. The van der Waals surface area contributed by atoms with Crippen molar-refractivity contribution in [3.8, 4) is 0 Å². The van der Waals surface area contributed by atoms with Crippen molar-refractivity contribution in [2.75, 3.05) is 52.5 Å². The predicted molar refractivity (Wildman–Crippen MR) is 83.3 cm³/mol. The molecule has 0 aliphatic carbocycles. The first-order valence-corrected chi connectivity index (χ1v) is 8.00. The summed E-state index contributed by atoms with van der Waals surface area (Å²) in [4.78, 5) is 9.32. The summed E-state index contributed by atoms with van der Waals surface area (Å²) in [5, 5.41) is 3.53. The van der Waals surface area contributed by atoms with Crippen molar-refractivity contribution >= 4 is 0 Å². The van der Waals surface area contributed by atoms with Gasteiger partial charge in [-0.1, -0.05) is 0 Å². The first kappa shape index (κ1) is 14.9. The molecule has 0 bridgehead atoms. The molecule has 1 N–H and O–H groups in total. The second-order valence-corrected chi connectivity index (χ2v) is 6.06. The molecule has 2 unspecified atom stereocenters. The molecule has 3 heterocycles. The van der Waals surface area contributed by atoms with E-state index in [1.807, 2.05) is 12.4 Å². The Balaban J connectivity index is 1.73. The van der Waals surface area contributed by atoms with E-state index in [2.05, 4.69) is 39.2 Å². The SMILES string of the molecule is CC1CN(C(CN2CCOCC2)c2ccncc2)CCN1. The highest BCUT2D eigenvalue weighted by Crippen LogP contribution is 2.23. The van der Waals surface area contributed by atoms with E-state index in [-0.39, 0.29) is 0 Å². The Labute approximate surface area is 127 Å². The quantitative estimate of drug-likeness (QED) is 0.886. The molecule has 2 saturated heterocycles. The van der Waals surface area contributed by atoms with Crippen LogP contribution in [0, 0.1) is 0 Å². The third-order valence-electron chi connectivity index (χ3n) is 4.47. The number of rotatable bonds is 4. The summed E-state index contributed by atoms with van der Waals surface area (Å²) in [7, 11) is 0. The van der Waals surface area contributed by atoms with Gasteiger partial charge >= 0.3 is 0 Å². The predicted octanol–water partition coefficient (Wildman–Crippen LogP) is 0.749. The molecule has 2 aliphatic rings. The molecule has 5 nitrogen and oxygen atoms in total. The maximum absolute atomic E-state index is 5.47. The molecule has 1 aromatic rings. The van der Waals surface area contributed by atoms with Gasteiger partial charge in [-0.15, -0.1) is 0 Å². The lowest BCUT2D eigenvalue weighted by atomic mass is 10.0. The zero-order chi connectivity index (χ0) is 14.5. The lowest BCUT2D eigenvalue weighted by Gasteiger charge is -2.41. The molecule has 0 radical (unpaired) electrons. The molecule has 1 aromatic heterocycles. The van der Waals surface area contributed by atoms with Crippen LogP contribution in [0.3, 0.4) is 0 Å². The molecule has 0 aromatic carbocycles. The first-order chi connectivity index (χ1) is 10.3. The number of morpholine rings is 1. The van der Waals surface area contributed by atoms with E-state index < -0.39 is 0 Å². The molecular formula is C16H26N4O. The third kappa shape index (κ3) is 4.01. The minimum absolute atomic E-state index is 0.454. The van der Waals surface area contributed by atoms with Crippen LogP contribution in [0.25, 0.3) is 0 Å². The Hall–Kier alpha value is -1.01. The fraction of sp³-hybridized carbons (Fsp3) is 0.688. The summed E-state index contributed by atoms with van der Waals surface area (Å²) < 4.78 is 5.47. The van der Waals surface area contributed by atoms with Gasteiger partial charge in [0.2, 0.25) is 0 Å². The Morgan fingerprint density at radius 3 is 2.76 bits per heavy atom. The molecular weight excluding hydrogens is 264 g/mol. The van der Waals surface area contributed by atoms with Crippen LogP contribution in [0.1, 0.15) is 18.5 Å². The molecule has 0 spiro atoms. The van der Waals surface area contributed by atoms with E-state index in [4.69, 9.17) is 4.74 Å². The Morgan fingerprint density at radius 2 is 2.05 bits per heavy atom. The molecule has 116 valence electrons. The van der Waals surface area contributed by atoms with E-state index in [0.29, 0.717) is 12.1 Å². The van der Waals surface area contributed by atoms with Crippen molar-refractivity contribution in [2.24, 2.45) is 0 Å². The number of pyridine rings is 1. The molecule has 5 heteroatoms. The van der Waals surface area contributed by atoms with E-state index in [9.17, 15) is 0 Å². The first-order valence-electron chi connectivity index (χ1n) is 8.00. The highest BCUT2D eigenvalue weighted by Gasteiger charge is 2.27. The normalized spacial score (nSPS) is 26.6. The molecule has 21 heavy (non-hydrogen) atoms. The van der Waals surface area contributed by atoms with Crippen molar-refractivity contribution in [1.82, 2.24) is 20.1 Å². The highest BCUT2D eigenvalue weighted by atomic mass is 16.5. The summed E-state index contributed by atoms with van der Waals surface area (Å²) in [6, 6.07) is 5.35. The maximum Gasteiger partial charge on any atom is 0.0594 e. The van der Waals surface area contributed by atoms with Crippen LogP contribution in [-0.4, -0.2) is 73.3 Å². The van der Waals surface area contributed by atoms with E-state index >= 15 is 0 Å². The lowest BCUT2D eigenvalue weighted by molar-refractivity contribution is 0.0187. The minimum Gasteiger partial charge on any atom is -0.379 e. The summed E-state index contributed by atoms with van der Waals surface area (Å²) in [6.45, 7) is 10.5. The van der Waals surface area contributed by atoms with Gasteiger partial charge in [-0.2, -0.15) is 0 Å². The van der Waals surface area contributed by atoms with Gasteiger partial charge in [0.25, 0.3) is 0 Å². The summed E-state index contributed by atoms with van der Waals surface area (Å²) in [5.74, 6) is 0. The number of hydrogen-bond acceptors (Lipinski definition) is 5. The zero-order valence-electron chi connectivity index (χ0n) is 12.9. The van der Waals surface area contributed by atoms with Crippen molar-refractivity contribution in [3.05, 3.63) is 30.1 Å². The molecule has 0 amide bonds. The van der Waals surface area contributed by atoms with Crippen LogP contribution >= 0.6 is 0 Å². The van der Waals surface area contributed by atoms with E-state index in [1.165, 1.54) is 5.56 Å². The van der Waals surface area contributed by atoms with E-state index in [1.54, 1.807) is 0 Å². The molecule has 3 rings (SSSR count). The summed E-state index contributed by atoms with van der Waals surface area (Å²) in [5.41, 5.74) is 1.38. The number of nitrogens with zero attached hydrogens (tertiary/aromatic N) is 3. The molecule has 2 atom stereocenters. The monoisotopic (exact) mass is 290 g/mol. The van der Waals surface area contributed by atoms with Crippen LogP contribution in [-0.2, 0) is 4.74 Å². The summed E-state index contributed by atoms with van der Waals surface area (Å²) in [6.07, 6.45) is 3.82. The molecule has 2 aliphatic heterocycles. The summed E-state index contributed by atoms with van der Waals surface area (Å²) >= 11 is 0. The van der Waals surface area contributed by atoms with Gasteiger partial charge in [0.15, 0.2) is 0 Å². The second-order valence-electron chi connectivity index (χ2n) is 6.06. The van der Waals surface area contributed by atoms with E-state index in [0.717, 1.165) is 52.5 Å². The number of nitrogens with one attached hydrogen (secondary N) is 1. The number of hydrogen-bond donors (Lipinski definition) is 1. The van der Waals surface area contributed by atoms with Crippen LogP contribution < -0.4 is 5.32 Å². The van der Waals surface area contributed by atoms with Crippen LogP contribution in [0.5, 0.6) is 0 Å². The highest BCUT2D eigenvalue weighted by molar-refractivity contribution is 5.16. The standard InChI is InChI=1S/C16H26N4O/c1-14-12-20(7-6-18-14)16(15-2-4-17-5-3-15)13-19-8-10-21-11-9-19/h2-5,14,16,18H,6-13H2,1H3. The fourth-order valence-electron chi connectivity index (χ4n) is 3.29. The van der Waals surface area contributed by atoms with Crippen molar-refractivity contribution in [2.45, 2.75) is 19.0 Å². The number of ether oxygens (including phenoxy) is 1. The number of piperazine rings is 1. The van der Waals surface area contributed by atoms with Gasteiger partial charge in [-0.3, -0.25) is 14.8 Å². The second kappa shape index (κ2) is 7.31. The average Bonchev–Trinajstić information content (AvgIpc) is 2.54. The van der Waals surface area contributed by atoms with Crippen LogP contribution in [0.2, 0.25) is 0 Å². The minimum atomic E-state index is 0.454. The van der Waals surface area contributed by atoms with Crippen molar-refractivity contribution in [3.63, 3.8) is 0 Å². The van der Waals surface area contributed by atoms with Gasteiger partial charge in [0.05, 0.1) is 13.2 Å². The van der Waals surface area contributed by atoms with Gasteiger partial charge in [-0.05, 0) is 24.6 Å². The molecule has 2 fully saturated rings. The fourth-order valence-corrected chi connectivity index (χ4v) is 3.29. The Morgan fingerprint density at radius 1 is 1.29 bits per heavy atom. The Kier molecular flexibility index (Phi) is 5.19. The van der Waals surface area contributed by atoms with Crippen molar-refractivity contribution in [1.29, 1.82) is 0 Å².